The largest absolute Gasteiger partial charge is 0.346 e. The standard InChI is InChI=1S/C18H38O18S8/c1-7-31-39(19,20)17(40(21,22)32-8-2,41(23,24)33-9-3)13-15-37-38-16-14-18(42(25,26)34-10-4,43(27,28)35-11-5)44(29,30)36-12-6/h7-16H2,1-6H3. The summed E-state index contributed by atoms with van der Waals surface area (Å²) in [4.78, 5) is 0. The van der Waals surface area contributed by atoms with Gasteiger partial charge in [-0.1, -0.05) is 21.6 Å². The van der Waals surface area contributed by atoms with E-state index in [2.05, 4.69) is 25.1 Å². The topological polar surface area (TPSA) is 260 Å². The zero-order chi connectivity index (χ0) is 34.7. The Labute approximate surface area is 268 Å². The van der Waals surface area contributed by atoms with Crippen LogP contribution in [0.2, 0.25) is 0 Å². The lowest BCUT2D eigenvalue weighted by Crippen LogP contribution is -2.55. The maximum absolute atomic E-state index is 13.1. The molecule has 0 aromatic carbocycles. The molecule has 0 amide bonds. The molecule has 0 saturated heterocycles. The van der Waals surface area contributed by atoms with Crippen LogP contribution in [0.15, 0.2) is 0 Å². The summed E-state index contributed by atoms with van der Waals surface area (Å²) in [6.45, 7) is 2.98. The van der Waals surface area contributed by atoms with Gasteiger partial charge in [-0.25, -0.2) is 0 Å². The van der Waals surface area contributed by atoms with Gasteiger partial charge in [0.05, 0.1) is 39.6 Å². The van der Waals surface area contributed by atoms with E-state index in [0.29, 0.717) is 21.6 Å². The van der Waals surface area contributed by atoms with Crippen LogP contribution < -0.4 is 0 Å². The van der Waals surface area contributed by atoms with E-state index >= 15 is 0 Å². The Bertz CT molecular complexity index is 1270. The summed E-state index contributed by atoms with van der Waals surface area (Å²) in [6, 6.07) is 0. The zero-order valence-corrected chi connectivity index (χ0v) is 31.2. The summed E-state index contributed by atoms with van der Waals surface area (Å²) >= 11 is 0. The van der Waals surface area contributed by atoms with Gasteiger partial charge in [0.1, 0.15) is 0 Å². The molecular weight excluding hydrogens is 761 g/mol. The molecule has 0 spiro atoms. The molecule has 0 atom stereocenters. The summed E-state index contributed by atoms with van der Waals surface area (Å²) in [7, 11) is -32.0. The number of hydrogen-bond donors (Lipinski definition) is 0. The maximum atomic E-state index is 13.1. The van der Waals surface area contributed by atoms with Crippen molar-refractivity contribution in [1.82, 2.24) is 0 Å². The van der Waals surface area contributed by atoms with Crippen LogP contribution in [-0.2, 0) is 85.8 Å². The third-order valence-electron chi connectivity index (χ3n) is 4.99. The minimum Gasteiger partial charge on any atom is -0.268 e. The van der Waals surface area contributed by atoms with Crippen molar-refractivity contribution in [2.45, 2.75) is 61.2 Å². The van der Waals surface area contributed by atoms with Crippen LogP contribution in [0.1, 0.15) is 54.4 Å². The first-order chi connectivity index (χ1) is 20.1. The second kappa shape index (κ2) is 17.5. The van der Waals surface area contributed by atoms with Gasteiger partial charge in [0.25, 0.3) is 0 Å². The zero-order valence-electron chi connectivity index (χ0n) is 24.7. The van der Waals surface area contributed by atoms with Crippen LogP contribution in [0.5, 0.6) is 0 Å². The first-order valence-corrected chi connectivity index (χ1v) is 23.6. The van der Waals surface area contributed by atoms with Crippen LogP contribution in [-0.4, -0.2) is 108 Å². The molecular formula is C18H38O18S8. The van der Waals surface area contributed by atoms with E-state index in [0.717, 1.165) is 41.5 Å². The average Bonchev–Trinajstić information content (AvgIpc) is 2.84. The quantitative estimate of drug-likeness (QED) is 0.0697. The van der Waals surface area contributed by atoms with E-state index in [4.69, 9.17) is 0 Å². The summed E-state index contributed by atoms with van der Waals surface area (Å²) in [6.07, 6.45) is -2.48. The Morgan fingerprint density at radius 1 is 0.364 bits per heavy atom. The molecule has 0 heterocycles. The summed E-state index contributed by atoms with van der Waals surface area (Å²) in [5, 5.41) is 0. The highest BCUT2D eigenvalue weighted by Crippen LogP contribution is 2.43. The third-order valence-corrected chi connectivity index (χ3v) is 23.8. The van der Waals surface area contributed by atoms with Crippen molar-refractivity contribution in [1.29, 1.82) is 0 Å². The van der Waals surface area contributed by atoms with Crippen LogP contribution in [0, 0.1) is 0 Å². The van der Waals surface area contributed by atoms with Crippen LogP contribution in [0.4, 0.5) is 0 Å². The van der Waals surface area contributed by atoms with E-state index in [-0.39, 0.29) is 0 Å². The van der Waals surface area contributed by atoms with Gasteiger partial charge in [0.15, 0.2) is 0 Å². The Balaban J connectivity index is 6.70. The molecule has 0 bridgehead atoms. The van der Waals surface area contributed by atoms with Crippen molar-refractivity contribution in [2.75, 3.05) is 51.1 Å². The Morgan fingerprint density at radius 2 is 0.523 bits per heavy atom. The highest BCUT2D eigenvalue weighted by molar-refractivity contribution is 8.76. The maximum Gasteiger partial charge on any atom is 0.346 e. The molecule has 0 fully saturated rings. The molecule has 0 unspecified atom stereocenters. The molecule has 44 heavy (non-hydrogen) atoms. The lowest BCUT2D eigenvalue weighted by molar-refractivity contribution is 0.294. The van der Waals surface area contributed by atoms with Gasteiger partial charge in [-0.2, -0.15) is 50.5 Å². The van der Waals surface area contributed by atoms with E-state index in [1.807, 2.05) is 0 Å². The summed E-state index contributed by atoms with van der Waals surface area (Å²) in [5.41, 5.74) is 0. The van der Waals surface area contributed by atoms with Crippen molar-refractivity contribution in [2.24, 2.45) is 0 Å². The molecule has 0 aliphatic rings. The van der Waals surface area contributed by atoms with Gasteiger partial charge in [-0.05, 0) is 41.5 Å². The normalized spacial score (nSPS) is 14.6. The SMILES string of the molecule is CCOS(=O)(=O)C(CCSSCCC(S(=O)(=O)OCC)(S(=O)(=O)OCC)S(=O)(=O)OCC)(S(=O)(=O)OCC)S(=O)(=O)OCC. The average molecular weight is 799 g/mol. The highest BCUT2D eigenvalue weighted by Gasteiger charge is 2.69. The van der Waals surface area contributed by atoms with Gasteiger partial charge in [-0.3, -0.25) is 25.1 Å². The predicted molar refractivity (Wildman–Crippen MR) is 163 cm³/mol. The molecule has 0 saturated carbocycles. The Morgan fingerprint density at radius 3 is 0.659 bits per heavy atom. The second-order valence-electron chi connectivity index (χ2n) is 7.67. The molecule has 26 heteroatoms. The smallest absolute Gasteiger partial charge is 0.268 e. The highest BCUT2D eigenvalue weighted by atomic mass is 33.1. The fraction of sp³-hybridized carbons (Fsp3) is 1.00. The molecule has 0 aromatic rings. The fourth-order valence-electron chi connectivity index (χ4n) is 3.42. The van der Waals surface area contributed by atoms with Gasteiger partial charge in [-0.15, -0.1) is 0 Å². The van der Waals surface area contributed by atoms with Crippen LogP contribution in [0.25, 0.3) is 0 Å². The number of hydrogen-bond acceptors (Lipinski definition) is 20. The van der Waals surface area contributed by atoms with Crippen LogP contribution in [0.3, 0.4) is 0 Å². The molecule has 266 valence electrons. The van der Waals surface area contributed by atoms with Crippen molar-refractivity contribution in [3.8, 4) is 0 Å². The van der Waals surface area contributed by atoms with E-state index in [1.165, 1.54) is 0 Å². The van der Waals surface area contributed by atoms with Gasteiger partial charge in [0.2, 0.25) is 0 Å². The molecule has 0 rings (SSSR count). The molecule has 0 radical (unpaired) electrons. The minimum atomic E-state index is -5.52. The van der Waals surface area contributed by atoms with Gasteiger partial charge >= 0.3 is 67.5 Å². The first-order valence-electron chi connectivity index (χ1n) is 12.7. The summed E-state index contributed by atoms with van der Waals surface area (Å²) < 4.78 is 177. The van der Waals surface area contributed by atoms with Crippen molar-refractivity contribution in [3.63, 3.8) is 0 Å². The molecule has 0 aliphatic carbocycles. The van der Waals surface area contributed by atoms with Crippen molar-refractivity contribution in [3.05, 3.63) is 0 Å². The minimum absolute atomic E-state index is 0.545. The Kier molecular flexibility index (Phi) is 17.6. The number of rotatable bonds is 25. The van der Waals surface area contributed by atoms with Gasteiger partial charge < -0.3 is 0 Å². The molecule has 0 aromatic heterocycles. The molecule has 0 aliphatic heterocycles. The predicted octanol–water partition coefficient (Wildman–Crippen LogP) is 0.653. The van der Waals surface area contributed by atoms with Gasteiger partial charge in [0, 0.05) is 24.3 Å². The fourth-order valence-corrected chi connectivity index (χ4v) is 19.2. The van der Waals surface area contributed by atoms with E-state index < -0.39 is 132 Å². The van der Waals surface area contributed by atoms with Crippen LogP contribution >= 0.6 is 21.6 Å². The monoisotopic (exact) mass is 798 g/mol. The Hall–Kier alpha value is 0.160. The third kappa shape index (κ3) is 8.98. The lowest BCUT2D eigenvalue weighted by Gasteiger charge is -2.30. The second-order valence-corrected chi connectivity index (χ2v) is 23.0. The van der Waals surface area contributed by atoms with Crippen molar-refractivity contribution >= 4 is 82.3 Å². The first kappa shape index (κ1) is 44.2. The molecule has 0 N–H and O–H groups in total. The van der Waals surface area contributed by atoms with Crippen molar-refractivity contribution < 1.29 is 75.6 Å². The van der Waals surface area contributed by atoms with E-state index in [1.54, 1.807) is 0 Å². The van der Waals surface area contributed by atoms with E-state index in [9.17, 15) is 50.5 Å². The lowest BCUT2D eigenvalue weighted by atomic mass is 10.5. The molecule has 18 nitrogen and oxygen atoms in total. The summed E-state index contributed by atoms with van der Waals surface area (Å²) in [5.74, 6) is -1.31.